The number of unbranched alkanes of at least 4 members (excludes halogenated alkanes) is 2. The Morgan fingerprint density at radius 2 is 1.83 bits per heavy atom. The zero-order chi connectivity index (χ0) is 9.03. The first kappa shape index (κ1) is 10.1. The Morgan fingerprint density at radius 1 is 1.17 bits per heavy atom. The second-order valence-electron chi connectivity index (χ2n) is 4.74. The van der Waals surface area contributed by atoms with Gasteiger partial charge in [-0.25, -0.2) is 0 Å². The monoisotopic (exact) mass is 168 g/mol. The minimum Gasteiger partial charge on any atom is -0.0654 e. The van der Waals surface area contributed by atoms with Crippen molar-refractivity contribution >= 4 is 0 Å². The zero-order valence-corrected chi connectivity index (χ0v) is 9.03. The molecule has 1 aliphatic rings. The van der Waals surface area contributed by atoms with Gasteiger partial charge in [0.25, 0.3) is 0 Å². The molecule has 0 radical (unpaired) electrons. The Balaban J connectivity index is 2.23. The lowest BCUT2D eigenvalue weighted by atomic mass is 9.78. The summed E-state index contributed by atoms with van der Waals surface area (Å²) in [4.78, 5) is 0. The number of rotatable bonds is 6. The van der Waals surface area contributed by atoms with Gasteiger partial charge in [0.15, 0.2) is 0 Å². The fraction of sp³-hybridized carbons (Fsp3) is 1.00. The van der Waals surface area contributed by atoms with E-state index in [1.54, 1.807) is 0 Å². The third kappa shape index (κ3) is 2.50. The fourth-order valence-corrected chi connectivity index (χ4v) is 2.23. The van der Waals surface area contributed by atoms with Crippen LogP contribution in [0.25, 0.3) is 0 Å². The lowest BCUT2D eigenvalue weighted by molar-refractivity contribution is 0.229. The van der Waals surface area contributed by atoms with E-state index in [2.05, 4.69) is 20.8 Å². The molecule has 1 saturated carbocycles. The van der Waals surface area contributed by atoms with Crippen LogP contribution in [-0.4, -0.2) is 0 Å². The Bertz CT molecular complexity index is 124. The van der Waals surface area contributed by atoms with Crippen molar-refractivity contribution in [1.82, 2.24) is 0 Å². The van der Waals surface area contributed by atoms with E-state index in [0.717, 1.165) is 5.92 Å². The molecule has 0 heterocycles. The van der Waals surface area contributed by atoms with Crippen LogP contribution in [0.2, 0.25) is 0 Å². The van der Waals surface area contributed by atoms with Crippen LogP contribution in [0.5, 0.6) is 0 Å². The Hall–Kier alpha value is 0. The standard InChI is InChI=1S/C12H24/c1-4-6-7-10-12(3,5-2)11-8-9-11/h11H,4-10H2,1-3H3. The molecule has 12 heavy (non-hydrogen) atoms. The van der Waals surface area contributed by atoms with Crippen molar-refractivity contribution in [3.8, 4) is 0 Å². The smallest absolute Gasteiger partial charge is 0.0300 e. The van der Waals surface area contributed by atoms with Gasteiger partial charge in [0, 0.05) is 0 Å². The van der Waals surface area contributed by atoms with Crippen LogP contribution in [0, 0.1) is 11.3 Å². The molecule has 0 spiro atoms. The molecule has 0 aromatic carbocycles. The molecule has 1 rings (SSSR count). The van der Waals surface area contributed by atoms with Crippen LogP contribution in [-0.2, 0) is 0 Å². The van der Waals surface area contributed by atoms with Crippen molar-refractivity contribution in [2.75, 3.05) is 0 Å². The zero-order valence-electron chi connectivity index (χ0n) is 9.03. The lowest BCUT2D eigenvalue weighted by Crippen LogP contribution is -2.17. The molecular formula is C12H24. The maximum atomic E-state index is 2.50. The highest BCUT2D eigenvalue weighted by molar-refractivity contribution is 4.89. The van der Waals surface area contributed by atoms with Crippen molar-refractivity contribution < 1.29 is 0 Å². The van der Waals surface area contributed by atoms with Crippen LogP contribution in [0.15, 0.2) is 0 Å². The summed E-state index contributed by atoms with van der Waals surface area (Å²) >= 11 is 0. The summed E-state index contributed by atoms with van der Waals surface area (Å²) in [7, 11) is 0. The molecule has 1 unspecified atom stereocenters. The van der Waals surface area contributed by atoms with E-state index in [0.29, 0.717) is 5.41 Å². The Labute approximate surface area is 77.7 Å². The van der Waals surface area contributed by atoms with Gasteiger partial charge in [-0.15, -0.1) is 0 Å². The maximum Gasteiger partial charge on any atom is -0.0300 e. The minimum atomic E-state index is 0.704. The summed E-state index contributed by atoms with van der Waals surface area (Å²) in [5.41, 5.74) is 0.704. The SMILES string of the molecule is CCCCCC(C)(CC)C1CC1. The molecule has 0 aliphatic heterocycles. The fourth-order valence-electron chi connectivity index (χ4n) is 2.23. The van der Waals surface area contributed by atoms with E-state index in [1.165, 1.54) is 44.9 Å². The van der Waals surface area contributed by atoms with E-state index >= 15 is 0 Å². The third-order valence-corrected chi connectivity index (χ3v) is 3.72. The van der Waals surface area contributed by atoms with Crippen LogP contribution < -0.4 is 0 Å². The summed E-state index contributed by atoms with van der Waals surface area (Å²) in [6.45, 7) is 7.16. The molecule has 0 heteroatoms. The largest absolute Gasteiger partial charge is 0.0654 e. The molecule has 0 saturated heterocycles. The van der Waals surface area contributed by atoms with Gasteiger partial charge in [0.2, 0.25) is 0 Å². The van der Waals surface area contributed by atoms with Gasteiger partial charge in [-0.05, 0) is 30.6 Å². The first-order valence-electron chi connectivity index (χ1n) is 5.73. The number of hydrogen-bond acceptors (Lipinski definition) is 0. The van der Waals surface area contributed by atoms with Crippen molar-refractivity contribution in [1.29, 1.82) is 0 Å². The van der Waals surface area contributed by atoms with Crippen LogP contribution in [0.4, 0.5) is 0 Å². The van der Waals surface area contributed by atoms with E-state index < -0.39 is 0 Å². The summed E-state index contributed by atoms with van der Waals surface area (Å²) < 4.78 is 0. The highest BCUT2D eigenvalue weighted by Crippen LogP contribution is 2.50. The van der Waals surface area contributed by atoms with E-state index in [9.17, 15) is 0 Å². The third-order valence-electron chi connectivity index (χ3n) is 3.72. The highest BCUT2D eigenvalue weighted by atomic mass is 14.4. The average Bonchev–Trinajstić information content (AvgIpc) is 2.87. The summed E-state index contributed by atoms with van der Waals surface area (Å²) in [5, 5.41) is 0. The van der Waals surface area contributed by atoms with E-state index in [-0.39, 0.29) is 0 Å². The van der Waals surface area contributed by atoms with Gasteiger partial charge in [-0.3, -0.25) is 0 Å². The van der Waals surface area contributed by atoms with Gasteiger partial charge in [0.1, 0.15) is 0 Å². The van der Waals surface area contributed by atoms with E-state index in [4.69, 9.17) is 0 Å². The molecule has 1 fully saturated rings. The topological polar surface area (TPSA) is 0 Å². The van der Waals surface area contributed by atoms with Crippen molar-refractivity contribution in [2.45, 2.75) is 65.7 Å². The number of hydrogen-bond donors (Lipinski definition) is 0. The van der Waals surface area contributed by atoms with Gasteiger partial charge in [-0.1, -0.05) is 46.5 Å². The van der Waals surface area contributed by atoms with Gasteiger partial charge >= 0.3 is 0 Å². The predicted octanol–water partition coefficient (Wildman–Crippen LogP) is 4.39. The Morgan fingerprint density at radius 3 is 2.25 bits per heavy atom. The van der Waals surface area contributed by atoms with Gasteiger partial charge in [0.05, 0.1) is 0 Å². The second-order valence-corrected chi connectivity index (χ2v) is 4.74. The lowest BCUT2D eigenvalue weighted by Gasteiger charge is -2.28. The van der Waals surface area contributed by atoms with Crippen LogP contribution in [0.3, 0.4) is 0 Å². The van der Waals surface area contributed by atoms with Crippen molar-refractivity contribution in [3.05, 3.63) is 0 Å². The molecule has 0 N–H and O–H groups in total. The molecule has 0 nitrogen and oxygen atoms in total. The molecule has 1 atom stereocenters. The molecule has 72 valence electrons. The summed E-state index contributed by atoms with van der Waals surface area (Å²) in [6, 6.07) is 0. The maximum absolute atomic E-state index is 2.50. The molecule has 0 bridgehead atoms. The normalized spacial score (nSPS) is 22.2. The van der Waals surface area contributed by atoms with Crippen LogP contribution in [0.1, 0.15) is 65.7 Å². The first-order chi connectivity index (χ1) is 5.73. The summed E-state index contributed by atoms with van der Waals surface area (Å²) in [5.74, 6) is 1.08. The Kier molecular flexibility index (Phi) is 3.61. The quantitative estimate of drug-likeness (QED) is 0.516. The second kappa shape index (κ2) is 4.30. The molecular weight excluding hydrogens is 144 g/mol. The van der Waals surface area contributed by atoms with Crippen molar-refractivity contribution in [3.63, 3.8) is 0 Å². The highest BCUT2D eigenvalue weighted by Gasteiger charge is 2.39. The molecule has 0 amide bonds. The van der Waals surface area contributed by atoms with Gasteiger partial charge < -0.3 is 0 Å². The molecule has 0 aromatic heterocycles. The first-order valence-corrected chi connectivity index (χ1v) is 5.73. The van der Waals surface area contributed by atoms with E-state index in [1.807, 2.05) is 0 Å². The average molecular weight is 168 g/mol. The van der Waals surface area contributed by atoms with Crippen molar-refractivity contribution in [2.24, 2.45) is 11.3 Å². The predicted molar refractivity (Wildman–Crippen MR) is 55.3 cm³/mol. The minimum absolute atomic E-state index is 0.704. The molecule has 0 aromatic rings. The molecule has 1 aliphatic carbocycles. The summed E-state index contributed by atoms with van der Waals surface area (Å²) in [6.07, 6.45) is 10.1. The van der Waals surface area contributed by atoms with Crippen LogP contribution >= 0.6 is 0 Å². The van der Waals surface area contributed by atoms with Gasteiger partial charge in [-0.2, -0.15) is 0 Å².